The maximum atomic E-state index is 12.8. The molecule has 0 bridgehead atoms. The van der Waals surface area contributed by atoms with Gasteiger partial charge in [0.2, 0.25) is 0 Å². The average molecular weight is 332 g/mol. The predicted octanol–water partition coefficient (Wildman–Crippen LogP) is 2.04. The SMILES string of the molecule is Cn1ncc2c1[C@H](COCC1CC1)N(C(=O)c1cscn1)CC2. The maximum absolute atomic E-state index is 12.8. The number of thiazole rings is 1. The summed E-state index contributed by atoms with van der Waals surface area (Å²) in [6, 6.07) is -0.0841. The molecule has 1 atom stereocenters. The fraction of sp³-hybridized carbons (Fsp3) is 0.562. The Morgan fingerprint density at radius 3 is 3.04 bits per heavy atom. The number of carbonyl (C=O) groups excluding carboxylic acids is 1. The summed E-state index contributed by atoms with van der Waals surface area (Å²) in [5.74, 6) is 0.699. The molecular formula is C16H20N4O2S. The van der Waals surface area contributed by atoms with Gasteiger partial charge in [-0.3, -0.25) is 9.48 Å². The van der Waals surface area contributed by atoms with Crippen molar-refractivity contribution >= 4 is 17.2 Å². The summed E-state index contributed by atoms with van der Waals surface area (Å²) >= 11 is 1.45. The van der Waals surface area contributed by atoms with Crippen molar-refractivity contribution < 1.29 is 9.53 Å². The second-order valence-corrected chi connectivity index (χ2v) is 7.02. The van der Waals surface area contributed by atoms with Gasteiger partial charge in [-0.05, 0) is 30.7 Å². The monoisotopic (exact) mass is 332 g/mol. The molecule has 4 rings (SSSR count). The Bertz CT molecular complexity index is 693. The van der Waals surface area contributed by atoms with Gasteiger partial charge in [-0.1, -0.05) is 0 Å². The summed E-state index contributed by atoms with van der Waals surface area (Å²) in [4.78, 5) is 18.9. The second-order valence-electron chi connectivity index (χ2n) is 6.30. The Morgan fingerprint density at radius 1 is 1.43 bits per heavy atom. The van der Waals surface area contributed by atoms with E-state index >= 15 is 0 Å². The van der Waals surface area contributed by atoms with Gasteiger partial charge < -0.3 is 9.64 Å². The van der Waals surface area contributed by atoms with Gasteiger partial charge in [0.1, 0.15) is 5.69 Å². The molecule has 23 heavy (non-hydrogen) atoms. The fourth-order valence-electron chi connectivity index (χ4n) is 3.17. The van der Waals surface area contributed by atoms with Crippen molar-refractivity contribution in [2.24, 2.45) is 13.0 Å². The molecular weight excluding hydrogens is 312 g/mol. The number of carbonyl (C=O) groups is 1. The number of fused-ring (bicyclic) bond motifs is 1. The zero-order valence-electron chi connectivity index (χ0n) is 13.1. The van der Waals surface area contributed by atoms with E-state index in [9.17, 15) is 4.79 Å². The normalized spacial score (nSPS) is 20.6. The van der Waals surface area contributed by atoms with Crippen molar-refractivity contribution in [3.63, 3.8) is 0 Å². The number of ether oxygens (including phenoxy) is 1. The predicted molar refractivity (Wildman–Crippen MR) is 86.3 cm³/mol. The standard InChI is InChI=1S/C16H20N4O2S/c1-19-15-12(6-18-19)4-5-20(16(21)13-9-23-10-17-13)14(15)8-22-7-11-2-3-11/h6,9-11,14H,2-5,7-8H2,1H3/t14-/m0/s1. The summed E-state index contributed by atoms with van der Waals surface area (Å²) in [6.07, 6.45) is 5.28. The van der Waals surface area contributed by atoms with Gasteiger partial charge in [0.25, 0.3) is 5.91 Å². The van der Waals surface area contributed by atoms with E-state index < -0.39 is 0 Å². The quantitative estimate of drug-likeness (QED) is 0.841. The van der Waals surface area contributed by atoms with Crippen LogP contribution in [0, 0.1) is 5.92 Å². The smallest absolute Gasteiger partial charge is 0.273 e. The molecule has 0 radical (unpaired) electrons. The molecule has 6 nitrogen and oxygen atoms in total. The lowest BCUT2D eigenvalue weighted by Gasteiger charge is -2.35. The molecule has 1 aliphatic heterocycles. The molecule has 0 N–H and O–H groups in total. The van der Waals surface area contributed by atoms with E-state index in [0.29, 0.717) is 24.8 Å². The van der Waals surface area contributed by atoms with Crippen LogP contribution in [0.25, 0.3) is 0 Å². The van der Waals surface area contributed by atoms with Crippen LogP contribution in [-0.4, -0.2) is 45.3 Å². The highest BCUT2D eigenvalue weighted by atomic mass is 32.1. The summed E-state index contributed by atoms with van der Waals surface area (Å²) in [5.41, 5.74) is 4.53. The fourth-order valence-corrected chi connectivity index (χ4v) is 3.69. The van der Waals surface area contributed by atoms with Gasteiger partial charge >= 0.3 is 0 Å². The van der Waals surface area contributed by atoms with Crippen molar-refractivity contribution in [1.82, 2.24) is 19.7 Å². The molecule has 2 aromatic rings. The second kappa shape index (κ2) is 6.05. The largest absolute Gasteiger partial charge is 0.379 e. The number of hydrogen-bond donors (Lipinski definition) is 0. The van der Waals surface area contributed by atoms with Crippen LogP contribution in [0.2, 0.25) is 0 Å². The van der Waals surface area contributed by atoms with Crippen LogP contribution in [0.4, 0.5) is 0 Å². The zero-order valence-corrected chi connectivity index (χ0v) is 14.0. The van der Waals surface area contributed by atoms with Crippen LogP contribution >= 0.6 is 11.3 Å². The van der Waals surface area contributed by atoms with E-state index in [1.165, 1.54) is 29.7 Å². The molecule has 1 saturated carbocycles. The topological polar surface area (TPSA) is 60.2 Å². The van der Waals surface area contributed by atoms with Crippen molar-refractivity contribution in [2.75, 3.05) is 19.8 Å². The van der Waals surface area contributed by atoms with Gasteiger partial charge in [-0.15, -0.1) is 11.3 Å². The summed E-state index contributed by atoms with van der Waals surface area (Å²) in [7, 11) is 1.93. The third-order valence-electron chi connectivity index (χ3n) is 4.62. The molecule has 0 aromatic carbocycles. The third-order valence-corrected chi connectivity index (χ3v) is 5.20. The lowest BCUT2D eigenvalue weighted by atomic mass is 10.00. The Labute approximate surface area is 139 Å². The number of aromatic nitrogens is 3. The van der Waals surface area contributed by atoms with E-state index in [0.717, 1.165) is 18.7 Å². The molecule has 2 aliphatic rings. The van der Waals surface area contributed by atoms with Crippen LogP contribution in [0.1, 0.15) is 40.6 Å². The molecule has 0 saturated heterocycles. The first-order chi connectivity index (χ1) is 11.2. The summed E-state index contributed by atoms with van der Waals surface area (Å²) in [5, 5.41) is 6.18. The number of hydrogen-bond acceptors (Lipinski definition) is 5. The van der Waals surface area contributed by atoms with Gasteiger partial charge in [0, 0.05) is 25.6 Å². The van der Waals surface area contributed by atoms with E-state index in [1.807, 2.05) is 28.2 Å². The Balaban J connectivity index is 1.58. The number of nitrogens with zero attached hydrogens (tertiary/aromatic N) is 4. The highest BCUT2D eigenvalue weighted by Gasteiger charge is 2.35. The van der Waals surface area contributed by atoms with Gasteiger partial charge in [-0.2, -0.15) is 5.10 Å². The number of rotatable bonds is 5. The van der Waals surface area contributed by atoms with Crippen LogP contribution in [0.15, 0.2) is 17.1 Å². The highest BCUT2D eigenvalue weighted by Crippen LogP contribution is 2.33. The Hall–Kier alpha value is -1.73. The molecule has 0 spiro atoms. The van der Waals surface area contributed by atoms with Crippen LogP contribution in [0.3, 0.4) is 0 Å². The van der Waals surface area contributed by atoms with E-state index in [4.69, 9.17) is 4.74 Å². The minimum atomic E-state index is -0.0841. The lowest BCUT2D eigenvalue weighted by molar-refractivity contribution is 0.0344. The van der Waals surface area contributed by atoms with E-state index in [-0.39, 0.29) is 11.9 Å². The van der Waals surface area contributed by atoms with Crippen molar-refractivity contribution in [3.05, 3.63) is 34.0 Å². The third kappa shape index (κ3) is 2.90. The zero-order chi connectivity index (χ0) is 15.8. The van der Waals surface area contributed by atoms with E-state index in [2.05, 4.69) is 10.1 Å². The van der Waals surface area contributed by atoms with Crippen LogP contribution in [0.5, 0.6) is 0 Å². The summed E-state index contributed by atoms with van der Waals surface area (Å²) < 4.78 is 7.80. The molecule has 1 aliphatic carbocycles. The highest BCUT2D eigenvalue weighted by molar-refractivity contribution is 7.07. The molecule has 122 valence electrons. The van der Waals surface area contributed by atoms with Gasteiger partial charge in [-0.25, -0.2) is 4.98 Å². The number of amides is 1. The molecule has 3 heterocycles. The van der Waals surface area contributed by atoms with Crippen LogP contribution in [-0.2, 0) is 18.2 Å². The molecule has 0 unspecified atom stereocenters. The van der Waals surface area contributed by atoms with Crippen LogP contribution < -0.4 is 0 Å². The molecule has 1 fully saturated rings. The van der Waals surface area contributed by atoms with Gasteiger partial charge in [0.15, 0.2) is 0 Å². The molecule has 7 heteroatoms. The first kappa shape index (κ1) is 14.8. The lowest BCUT2D eigenvalue weighted by Crippen LogP contribution is -2.43. The summed E-state index contributed by atoms with van der Waals surface area (Å²) in [6.45, 7) is 2.01. The van der Waals surface area contributed by atoms with Crippen molar-refractivity contribution in [3.8, 4) is 0 Å². The molecule has 2 aromatic heterocycles. The Kier molecular flexibility index (Phi) is 3.90. The van der Waals surface area contributed by atoms with Gasteiger partial charge in [0.05, 0.1) is 30.1 Å². The minimum Gasteiger partial charge on any atom is -0.379 e. The van der Waals surface area contributed by atoms with E-state index in [1.54, 1.807) is 5.51 Å². The first-order valence-corrected chi connectivity index (χ1v) is 8.96. The average Bonchev–Trinajstić information content (AvgIpc) is 3.07. The Morgan fingerprint density at radius 2 is 2.30 bits per heavy atom. The molecule has 1 amide bonds. The first-order valence-electron chi connectivity index (χ1n) is 8.01. The maximum Gasteiger partial charge on any atom is 0.273 e. The number of aryl methyl sites for hydroxylation is 1. The van der Waals surface area contributed by atoms with Crippen molar-refractivity contribution in [2.45, 2.75) is 25.3 Å². The minimum absolute atomic E-state index is 0.0156. The van der Waals surface area contributed by atoms with Crippen molar-refractivity contribution in [1.29, 1.82) is 0 Å².